The van der Waals surface area contributed by atoms with Crippen molar-refractivity contribution in [2.24, 2.45) is 0 Å². The average Bonchev–Trinajstić information content (AvgIpc) is 2.86. The zero-order valence-electron chi connectivity index (χ0n) is 14.1. The third-order valence-electron chi connectivity index (χ3n) is 4.27. The molecule has 3 rings (SSSR count). The monoisotopic (exact) mass is 326 g/mol. The first-order chi connectivity index (χ1) is 11.0. The summed E-state index contributed by atoms with van der Waals surface area (Å²) in [6, 6.07) is 6.41. The van der Waals surface area contributed by atoms with E-state index in [-0.39, 0.29) is 5.56 Å². The van der Waals surface area contributed by atoms with Crippen molar-refractivity contribution in [1.29, 1.82) is 0 Å². The van der Waals surface area contributed by atoms with Gasteiger partial charge in [0.2, 0.25) is 0 Å². The molecule has 2 heterocycles. The topological polar surface area (TPSA) is 34.9 Å². The number of nitrogens with zero attached hydrogens (tertiary/aromatic N) is 2. The number of rotatable bonds is 4. The Morgan fingerprint density at radius 3 is 2.74 bits per heavy atom. The zero-order valence-corrected chi connectivity index (χ0v) is 15.0. The van der Waals surface area contributed by atoms with Gasteiger partial charge in [0.15, 0.2) is 0 Å². The van der Waals surface area contributed by atoms with Crippen molar-refractivity contribution in [3.63, 3.8) is 0 Å². The highest BCUT2D eigenvalue weighted by Crippen LogP contribution is 2.37. The molecule has 0 spiro atoms. The molecule has 0 saturated carbocycles. The van der Waals surface area contributed by atoms with E-state index < -0.39 is 0 Å². The van der Waals surface area contributed by atoms with Gasteiger partial charge in [0.05, 0.1) is 11.7 Å². The molecule has 0 unspecified atom stereocenters. The molecule has 2 aromatic heterocycles. The van der Waals surface area contributed by atoms with Gasteiger partial charge in [-0.05, 0) is 38.3 Å². The number of benzene rings is 1. The molecule has 0 saturated heterocycles. The summed E-state index contributed by atoms with van der Waals surface area (Å²) < 4.78 is 1.76. The van der Waals surface area contributed by atoms with E-state index >= 15 is 0 Å². The number of fused-ring (bicyclic) bond motifs is 1. The summed E-state index contributed by atoms with van der Waals surface area (Å²) in [6.07, 6.45) is 3.76. The lowest BCUT2D eigenvalue weighted by atomic mass is 9.97. The SMILES string of the molecule is CCCCn1cnc2sc(C)c(-c3cc(C)ccc3C)c2c1=O. The van der Waals surface area contributed by atoms with Crippen molar-refractivity contribution in [1.82, 2.24) is 9.55 Å². The number of unbranched alkanes of at least 4 members (excludes halogenated alkanes) is 1. The molecule has 0 atom stereocenters. The average molecular weight is 326 g/mol. The van der Waals surface area contributed by atoms with E-state index in [1.807, 2.05) is 0 Å². The Balaban J connectivity index is 2.30. The van der Waals surface area contributed by atoms with Crippen LogP contribution in [0.25, 0.3) is 21.3 Å². The molecule has 0 N–H and O–H groups in total. The van der Waals surface area contributed by atoms with Crippen molar-refractivity contribution in [2.45, 2.75) is 47.1 Å². The van der Waals surface area contributed by atoms with Crippen LogP contribution in [0.2, 0.25) is 0 Å². The summed E-state index contributed by atoms with van der Waals surface area (Å²) in [7, 11) is 0. The summed E-state index contributed by atoms with van der Waals surface area (Å²) in [6.45, 7) is 9.14. The van der Waals surface area contributed by atoms with Crippen LogP contribution in [0.3, 0.4) is 0 Å². The normalized spacial score (nSPS) is 11.3. The minimum absolute atomic E-state index is 0.0868. The molecule has 4 heteroatoms. The Bertz CT molecular complexity index is 921. The maximum Gasteiger partial charge on any atom is 0.262 e. The summed E-state index contributed by atoms with van der Waals surface area (Å²) >= 11 is 1.61. The quantitative estimate of drug-likeness (QED) is 0.687. The third kappa shape index (κ3) is 2.83. The highest BCUT2D eigenvalue weighted by atomic mass is 32.1. The number of thiophene rings is 1. The smallest absolute Gasteiger partial charge is 0.262 e. The zero-order chi connectivity index (χ0) is 16.6. The van der Waals surface area contributed by atoms with Gasteiger partial charge in [-0.15, -0.1) is 11.3 Å². The fourth-order valence-corrected chi connectivity index (χ4v) is 3.95. The number of aromatic nitrogens is 2. The maximum atomic E-state index is 13.0. The van der Waals surface area contributed by atoms with Crippen LogP contribution >= 0.6 is 11.3 Å². The lowest BCUT2D eigenvalue weighted by Gasteiger charge is -2.09. The van der Waals surface area contributed by atoms with Crippen LogP contribution < -0.4 is 5.56 Å². The first-order valence-corrected chi connectivity index (χ1v) is 8.90. The van der Waals surface area contributed by atoms with E-state index in [1.54, 1.807) is 22.2 Å². The molecule has 0 radical (unpaired) electrons. The highest BCUT2D eigenvalue weighted by Gasteiger charge is 2.18. The van der Waals surface area contributed by atoms with Gasteiger partial charge in [-0.2, -0.15) is 0 Å². The number of aryl methyl sites for hydroxylation is 4. The second kappa shape index (κ2) is 6.28. The van der Waals surface area contributed by atoms with Gasteiger partial charge in [-0.3, -0.25) is 9.36 Å². The summed E-state index contributed by atoms with van der Waals surface area (Å²) in [5, 5.41) is 0.778. The molecule has 0 aliphatic carbocycles. The van der Waals surface area contributed by atoms with Crippen molar-refractivity contribution >= 4 is 21.6 Å². The highest BCUT2D eigenvalue weighted by molar-refractivity contribution is 7.19. The largest absolute Gasteiger partial charge is 0.299 e. The lowest BCUT2D eigenvalue weighted by molar-refractivity contribution is 0.609. The van der Waals surface area contributed by atoms with Gasteiger partial charge >= 0.3 is 0 Å². The molecule has 0 aliphatic heterocycles. The van der Waals surface area contributed by atoms with Crippen molar-refractivity contribution in [2.75, 3.05) is 0 Å². The Kier molecular flexibility index (Phi) is 4.35. The molecule has 120 valence electrons. The second-order valence-corrected chi connectivity index (χ2v) is 7.33. The van der Waals surface area contributed by atoms with Gasteiger partial charge in [0.1, 0.15) is 4.83 Å². The molecule has 23 heavy (non-hydrogen) atoms. The van der Waals surface area contributed by atoms with Gasteiger partial charge in [0.25, 0.3) is 5.56 Å². The van der Waals surface area contributed by atoms with Gasteiger partial charge in [0, 0.05) is 17.0 Å². The van der Waals surface area contributed by atoms with E-state index in [1.165, 1.54) is 11.1 Å². The number of hydrogen-bond acceptors (Lipinski definition) is 3. The van der Waals surface area contributed by atoms with Crippen LogP contribution in [0, 0.1) is 20.8 Å². The van der Waals surface area contributed by atoms with E-state index in [0.717, 1.165) is 45.6 Å². The first-order valence-electron chi connectivity index (χ1n) is 8.09. The third-order valence-corrected chi connectivity index (χ3v) is 5.28. The van der Waals surface area contributed by atoms with Gasteiger partial charge < -0.3 is 0 Å². The van der Waals surface area contributed by atoms with E-state index in [2.05, 4.69) is 50.9 Å². The van der Waals surface area contributed by atoms with Crippen molar-refractivity contribution in [3.8, 4) is 11.1 Å². The van der Waals surface area contributed by atoms with Crippen LogP contribution in [0.15, 0.2) is 29.3 Å². The predicted molar refractivity (Wildman–Crippen MR) is 98.4 cm³/mol. The molecule has 3 nitrogen and oxygen atoms in total. The fourth-order valence-electron chi connectivity index (χ4n) is 2.95. The van der Waals surface area contributed by atoms with E-state index in [0.29, 0.717) is 0 Å². The van der Waals surface area contributed by atoms with Crippen LogP contribution in [-0.4, -0.2) is 9.55 Å². The summed E-state index contributed by atoms with van der Waals surface area (Å²) in [5.41, 5.74) is 4.71. The molecule has 0 fully saturated rings. The van der Waals surface area contributed by atoms with Crippen LogP contribution in [0.5, 0.6) is 0 Å². The fraction of sp³-hybridized carbons (Fsp3) is 0.368. The molecule has 3 aromatic rings. The summed E-state index contributed by atoms with van der Waals surface area (Å²) in [4.78, 5) is 19.5. The van der Waals surface area contributed by atoms with Crippen molar-refractivity contribution in [3.05, 3.63) is 50.9 Å². The molecular formula is C19H22N2OS. The van der Waals surface area contributed by atoms with Gasteiger partial charge in [-0.1, -0.05) is 37.1 Å². The molecule has 1 aromatic carbocycles. The Labute approximate surface area is 140 Å². The van der Waals surface area contributed by atoms with Crippen LogP contribution in [0.4, 0.5) is 0 Å². The number of hydrogen-bond donors (Lipinski definition) is 0. The molecule has 0 aliphatic rings. The first kappa shape index (κ1) is 15.9. The molecule has 0 amide bonds. The molecular weight excluding hydrogens is 304 g/mol. The predicted octanol–water partition coefficient (Wildman–Crippen LogP) is 4.85. The van der Waals surface area contributed by atoms with Crippen LogP contribution in [-0.2, 0) is 6.54 Å². The van der Waals surface area contributed by atoms with E-state index in [4.69, 9.17) is 0 Å². The van der Waals surface area contributed by atoms with Crippen molar-refractivity contribution < 1.29 is 0 Å². The minimum Gasteiger partial charge on any atom is -0.299 e. The Morgan fingerprint density at radius 2 is 2.00 bits per heavy atom. The van der Waals surface area contributed by atoms with Crippen LogP contribution in [0.1, 0.15) is 35.8 Å². The van der Waals surface area contributed by atoms with Gasteiger partial charge in [-0.25, -0.2) is 4.98 Å². The summed E-state index contributed by atoms with van der Waals surface area (Å²) in [5.74, 6) is 0. The Hall–Kier alpha value is -1.94. The molecule has 0 bridgehead atoms. The lowest BCUT2D eigenvalue weighted by Crippen LogP contribution is -2.20. The Morgan fingerprint density at radius 1 is 1.22 bits per heavy atom. The second-order valence-electron chi connectivity index (χ2n) is 6.13. The maximum absolute atomic E-state index is 13.0. The standard InChI is InChI=1S/C19H22N2OS/c1-5-6-9-21-11-20-18-17(19(21)22)16(14(4)23-18)15-10-12(2)7-8-13(15)3/h7-8,10-11H,5-6,9H2,1-4H3. The van der Waals surface area contributed by atoms with E-state index in [9.17, 15) is 4.79 Å². The minimum atomic E-state index is 0.0868.